The van der Waals surface area contributed by atoms with Crippen LogP contribution in [-0.2, 0) is 21.4 Å². The lowest BCUT2D eigenvalue weighted by molar-refractivity contribution is -0.895. The van der Waals surface area contributed by atoms with E-state index in [1.54, 1.807) is 12.1 Å². The van der Waals surface area contributed by atoms with E-state index in [2.05, 4.69) is 5.32 Å². The zero-order chi connectivity index (χ0) is 21.0. The molecule has 2 aromatic rings. The third-order valence-electron chi connectivity index (χ3n) is 5.69. The fourth-order valence-electron chi connectivity index (χ4n) is 3.53. The Labute approximate surface area is 173 Å². The third-order valence-corrected chi connectivity index (χ3v) is 7.59. The van der Waals surface area contributed by atoms with E-state index in [4.69, 9.17) is 0 Å². The molecule has 0 radical (unpaired) electrons. The summed E-state index contributed by atoms with van der Waals surface area (Å²) in [4.78, 5) is 13.8. The lowest BCUT2D eigenvalue weighted by atomic mass is 10.1. The van der Waals surface area contributed by atoms with Crippen molar-refractivity contribution in [2.24, 2.45) is 0 Å². The van der Waals surface area contributed by atoms with Crippen molar-refractivity contribution in [3.8, 4) is 0 Å². The molecular formula is C22H30N3O3S+. The van der Waals surface area contributed by atoms with Gasteiger partial charge in [0.1, 0.15) is 0 Å². The van der Waals surface area contributed by atoms with Crippen LogP contribution >= 0.6 is 0 Å². The summed E-state index contributed by atoms with van der Waals surface area (Å²) in [6, 6.07) is 13.3. The van der Waals surface area contributed by atoms with E-state index in [1.165, 1.54) is 4.31 Å². The molecule has 1 amide bonds. The summed E-state index contributed by atoms with van der Waals surface area (Å²) in [7, 11) is -3.48. The molecule has 0 atom stereocenters. The van der Waals surface area contributed by atoms with E-state index in [0.29, 0.717) is 44.2 Å². The number of carbonyl (C=O) groups is 1. The van der Waals surface area contributed by atoms with Gasteiger partial charge in [-0.05, 0) is 55.2 Å². The van der Waals surface area contributed by atoms with E-state index in [0.717, 1.165) is 27.2 Å². The lowest BCUT2D eigenvalue weighted by Crippen LogP contribution is -3.15. The molecule has 2 aromatic carbocycles. The van der Waals surface area contributed by atoms with Crippen LogP contribution in [0.5, 0.6) is 0 Å². The SMILES string of the molecule is Cc1ccc(S(=O)(=O)N2CC[NH+](CC(=O)NCc3ccccc3C)CC2)cc1C. The first kappa shape index (κ1) is 21.5. The van der Waals surface area contributed by atoms with Gasteiger partial charge in [-0.3, -0.25) is 4.79 Å². The fourth-order valence-corrected chi connectivity index (χ4v) is 5.06. The van der Waals surface area contributed by atoms with Crippen molar-refractivity contribution in [1.82, 2.24) is 9.62 Å². The second kappa shape index (κ2) is 9.07. The molecule has 2 N–H and O–H groups in total. The molecule has 7 heteroatoms. The summed E-state index contributed by atoms with van der Waals surface area (Å²) >= 11 is 0. The quantitative estimate of drug-likeness (QED) is 0.732. The number of nitrogens with zero attached hydrogens (tertiary/aromatic N) is 1. The summed E-state index contributed by atoms with van der Waals surface area (Å²) in [6.45, 7) is 8.91. The van der Waals surface area contributed by atoms with Gasteiger partial charge in [-0.1, -0.05) is 30.3 Å². The van der Waals surface area contributed by atoms with Gasteiger partial charge < -0.3 is 10.2 Å². The fraction of sp³-hybridized carbons (Fsp3) is 0.409. The first-order valence-electron chi connectivity index (χ1n) is 9.99. The van der Waals surface area contributed by atoms with Crippen molar-refractivity contribution in [1.29, 1.82) is 0 Å². The first-order chi connectivity index (χ1) is 13.8. The van der Waals surface area contributed by atoms with Gasteiger partial charge in [0.25, 0.3) is 5.91 Å². The Balaban J connectivity index is 1.51. The number of hydrogen-bond donors (Lipinski definition) is 2. The minimum absolute atomic E-state index is 0.00582. The smallest absolute Gasteiger partial charge is 0.275 e. The molecule has 156 valence electrons. The molecule has 1 saturated heterocycles. The molecule has 0 bridgehead atoms. The van der Waals surface area contributed by atoms with Crippen molar-refractivity contribution >= 4 is 15.9 Å². The van der Waals surface area contributed by atoms with Crippen molar-refractivity contribution < 1.29 is 18.1 Å². The minimum atomic E-state index is -3.48. The number of amides is 1. The van der Waals surface area contributed by atoms with Gasteiger partial charge in [-0.25, -0.2) is 8.42 Å². The Bertz CT molecular complexity index is 981. The average molecular weight is 417 g/mol. The van der Waals surface area contributed by atoms with Crippen molar-refractivity contribution in [3.63, 3.8) is 0 Å². The maximum absolute atomic E-state index is 12.9. The number of hydrogen-bond acceptors (Lipinski definition) is 3. The zero-order valence-corrected chi connectivity index (χ0v) is 18.2. The number of sulfonamides is 1. The number of rotatable bonds is 6. The van der Waals surface area contributed by atoms with Gasteiger partial charge in [0.2, 0.25) is 10.0 Å². The van der Waals surface area contributed by atoms with Crippen molar-refractivity contribution in [2.75, 3.05) is 32.7 Å². The predicted octanol–water partition coefficient (Wildman–Crippen LogP) is 0.817. The molecule has 0 unspecified atom stereocenters. The second-order valence-electron chi connectivity index (χ2n) is 7.78. The minimum Gasteiger partial charge on any atom is -0.347 e. The van der Waals surface area contributed by atoms with E-state index >= 15 is 0 Å². The molecule has 0 spiro atoms. The van der Waals surface area contributed by atoms with Gasteiger partial charge in [0.15, 0.2) is 6.54 Å². The summed E-state index contributed by atoms with van der Waals surface area (Å²) < 4.78 is 27.4. The molecule has 3 rings (SSSR count). The topological polar surface area (TPSA) is 70.9 Å². The molecule has 29 heavy (non-hydrogen) atoms. The maximum Gasteiger partial charge on any atom is 0.275 e. The molecule has 1 aliphatic heterocycles. The standard InChI is InChI=1S/C22H29N3O3S/c1-17-8-9-21(14-19(17)3)29(27,28)25-12-10-24(11-13-25)16-22(26)23-15-20-7-5-4-6-18(20)2/h4-9,14H,10-13,15-16H2,1-3H3,(H,23,26)/p+1. The monoisotopic (exact) mass is 416 g/mol. The van der Waals surface area contributed by atoms with Gasteiger partial charge in [0, 0.05) is 6.54 Å². The van der Waals surface area contributed by atoms with Crippen molar-refractivity contribution in [3.05, 3.63) is 64.7 Å². The average Bonchev–Trinajstić information content (AvgIpc) is 2.70. The van der Waals surface area contributed by atoms with E-state index in [-0.39, 0.29) is 5.91 Å². The summed E-state index contributed by atoms with van der Waals surface area (Å²) in [5.41, 5.74) is 4.32. The first-order valence-corrected chi connectivity index (χ1v) is 11.4. The van der Waals surface area contributed by atoms with Gasteiger partial charge in [-0.15, -0.1) is 0 Å². The summed E-state index contributed by atoms with van der Waals surface area (Å²) in [5.74, 6) is -0.00582. The van der Waals surface area contributed by atoms with Crippen LogP contribution in [0.4, 0.5) is 0 Å². The Morgan fingerprint density at radius 3 is 2.34 bits per heavy atom. The van der Waals surface area contributed by atoms with E-state index < -0.39 is 10.0 Å². The van der Waals surface area contributed by atoms with Crippen LogP contribution in [0.3, 0.4) is 0 Å². The van der Waals surface area contributed by atoms with Crippen molar-refractivity contribution in [2.45, 2.75) is 32.2 Å². The predicted molar refractivity (Wildman–Crippen MR) is 113 cm³/mol. The molecule has 0 aromatic heterocycles. The highest BCUT2D eigenvalue weighted by molar-refractivity contribution is 7.89. The summed E-state index contributed by atoms with van der Waals surface area (Å²) in [5, 5.41) is 2.97. The molecule has 1 fully saturated rings. The van der Waals surface area contributed by atoms with Crippen LogP contribution in [0, 0.1) is 20.8 Å². The molecule has 6 nitrogen and oxygen atoms in total. The van der Waals surface area contributed by atoms with Crippen LogP contribution in [0.1, 0.15) is 22.3 Å². The second-order valence-corrected chi connectivity index (χ2v) is 9.72. The number of piperazine rings is 1. The highest BCUT2D eigenvalue weighted by Gasteiger charge is 2.31. The third kappa shape index (κ3) is 5.23. The Morgan fingerprint density at radius 1 is 1.00 bits per heavy atom. The largest absolute Gasteiger partial charge is 0.347 e. The number of quaternary nitrogens is 1. The maximum atomic E-state index is 12.9. The molecular weight excluding hydrogens is 386 g/mol. The Morgan fingerprint density at radius 2 is 1.69 bits per heavy atom. The highest BCUT2D eigenvalue weighted by Crippen LogP contribution is 2.19. The molecule has 0 aliphatic carbocycles. The van der Waals surface area contributed by atoms with E-state index in [9.17, 15) is 13.2 Å². The van der Waals surface area contributed by atoms with Crippen LogP contribution in [0.2, 0.25) is 0 Å². The molecule has 1 aliphatic rings. The Hall–Kier alpha value is -2.22. The highest BCUT2D eigenvalue weighted by atomic mass is 32.2. The number of aryl methyl sites for hydroxylation is 3. The van der Waals surface area contributed by atoms with Gasteiger partial charge in [-0.2, -0.15) is 4.31 Å². The van der Waals surface area contributed by atoms with Gasteiger partial charge in [0.05, 0.1) is 31.1 Å². The summed E-state index contributed by atoms with van der Waals surface area (Å²) in [6.07, 6.45) is 0. The van der Waals surface area contributed by atoms with Gasteiger partial charge >= 0.3 is 0 Å². The number of nitrogens with one attached hydrogen (secondary N) is 2. The Kier molecular flexibility index (Phi) is 6.72. The van der Waals surface area contributed by atoms with Crippen LogP contribution in [-0.4, -0.2) is 51.4 Å². The lowest BCUT2D eigenvalue weighted by Gasteiger charge is -2.31. The molecule has 1 heterocycles. The zero-order valence-electron chi connectivity index (χ0n) is 17.4. The number of carbonyl (C=O) groups excluding carboxylic acids is 1. The molecule has 0 saturated carbocycles. The van der Waals surface area contributed by atoms with Crippen LogP contribution in [0.25, 0.3) is 0 Å². The van der Waals surface area contributed by atoms with Crippen LogP contribution < -0.4 is 10.2 Å². The normalized spacial score (nSPS) is 16.0. The number of benzene rings is 2. The van der Waals surface area contributed by atoms with E-state index in [1.807, 2.05) is 51.1 Å². The van der Waals surface area contributed by atoms with Crippen LogP contribution in [0.15, 0.2) is 47.4 Å².